The first-order chi connectivity index (χ1) is 10.3. The largest absolute Gasteiger partial charge is 0.296 e. The zero-order chi connectivity index (χ0) is 14.7. The van der Waals surface area contributed by atoms with Crippen LogP contribution in [0.2, 0.25) is 0 Å². The Hall–Kier alpha value is -2.75. The van der Waals surface area contributed by atoms with Crippen molar-refractivity contribution in [1.29, 1.82) is 0 Å². The van der Waals surface area contributed by atoms with Crippen molar-refractivity contribution in [3.05, 3.63) is 83.2 Å². The minimum absolute atomic E-state index is 0.0624. The first-order valence-corrected chi connectivity index (χ1v) is 6.76. The van der Waals surface area contributed by atoms with Gasteiger partial charge in [0.2, 0.25) is 0 Å². The molecule has 0 radical (unpaired) electrons. The molecule has 0 spiro atoms. The summed E-state index contributed by atoms with van der Waals surface area (Å²) in [6.45, 7) is 0. The number of hydrogen-bond donors (Lipinski definition) is 0. The van der Waals surface area contributed by atoms with Gasteiger partial charge < -0.3 is 0 Å². The Labute approximate surface area is 123 Å². The third-order valence-electron chi connectivity index (χ3n) is 3.55. The Morgan fingerprint density at radius 1 is 0.952 bits per heavy atom. The lowest BCUT2D eigenvalue weighted by Crippen LogP contribution is -2.11. The average Bonchev–Trinajstić information content (AvgIpc) is 2.91. The van der Waals surface area contributed by atoms with Gasteiger partial charge in [0.15, 0.2) is 6.29 Å². The van der Waals surface area contributed by atoms with Crippen LogP contribution in [0.5, 0.6) is 0 Å². The summed E-state index contributed by atoms with van der Waals surface area (Å²) in [6, 6.07) is 20.2. The summed E-state index contributed by atoms with van der Waals surface area (Å²) in [5, 5.41) is 7.95. The first kappa shape index (κ1) is 13.2. The van der Waals surface area contributed by atoms with E-state index in [0.717, 1.165) is 23.1 Å². The molecule has 4 heteroatoms. The van der Waals surface area contributed by atoms with Gasteiger partial charge in [-0.25, -0.2) is 0 Å². The minimum Gasteiger partial charge on any atom is -0.296 e. The Morgan fingerprint density at radius 2 is 1.48 bits per heavy atom. The third kappa shape index (κ3) is 2.48. The van der Waals surface area contributed by atoms with Crippen LogP contribution in [0, 0.1) is 0 Å². The van der Waals surface area contributed by atoms with Crippen LogP contribution in [0.15, 0.2) is 60.7 Å². The van der Waals surface area contributed by atoms with Gasteiger partial charge in [-0.05, 0) is 11.1 Å². The number of benzene rings is 2. The molecule has 3 aromatic rings. The normalized spacial score (nSPS) is 10.8. The van der Waals surface area contributed by atoms with E-state index in [4.69, 9.17) is 0 Å². The fourth-order valence-corrected chi connectivity index (χ4v) is 2.60. The maximum atomic E-state index is 11.3. The quantitative estimate of drug-likeness (QED) is 0.689. The third-order valence-corrected chi connectivity index (χ3v) is 3.55. The van der Waals surface area contributed by atoms with Gasteiger partial charge in [-0.1, -0.05) is 65.9 Å². The molecule has 0 fully saturated rings. The van der Waals surface area contributed by atoms with E-state index in [-0.39, 0.29) is 5.92 Å². The van der Waals surface area contributed by atoms with Crippen molar-refractivity contribution in [1.82, 2.24) is 15.0 Å². The van der Waals surface area contributed by atoms with E-state index in [1.54, 1.807) is 4.68 Å². The Bertz CT molecular complexity index is 696. The summed E-state index contributed by atoms with van der Waals surface area (Å²) < 4.78 is 1.67. The highest BCUT2D eigenvalue weighted by atomic mass is 16.1. The molecule has 21 heavy (non-hydrogen) atoms. The fourth-order valence-electron chi connectivity index (χ4n) is 2.60. The summed E-state index contributed by atoms with van der Waals surface area (Å²) in [5.74, 6) is -0.0624. The molecule has 0 saturated heterocycles. The molecule has 4 nitrogen and oxygen atoms in total. The zero-order valence-electron chi connectivity index (χ0n) is 11.7. The summed E-state index contributed by atoms with van der Waals surface area (Å²) >= 11 is 0. The maximum absolute atomic E-state index is 11.3. The summed E-state index contributed by atoms with van der Waals surface area (Å²) in [6.07, 6.45) is 0.765. The highest BCUT2D eigenvalue weighted by Gasteiger charge is 2.24. The predicted molar refractivity (Wildman–Crippen MR) is 80.2 cm³/mol. The van der Waals surface area contributed by atoms with Crippen molar-refractivity contribution in [2.24, 2.45) is 7.05 Å². The smallest absolute Gasteiger partial charge is 0.172 e. The summed E-state index contributed by atoms with van der Waals surface area (Å²) in [5.41, 5.74) is 3.41. The number of nitrogens with zero attached hydrogens (tertiary/aromatic N) is 3. The molecule has 2 aromatic carbocycles. The van der Waals surface area contributed by atoms with Crippen LogP contribution >= 0.6 is 0 Å². The van der Waals surface area contributed by atoms with Gasteiger partial charge in [-0.2, -0.15) is 0 Å². The van der Waals surface area contributed by atoms with Gasteiger partial charge in [0.1, 0.15) is 5.69 Å². The van der Waals surface area contributed by atoms with Crippen LogP contribution in [-0.4, -0.2) is 21.3 Å². The second-order valence-electron chi connectivity index (χ2n) is 4.86. The van der Waals surface area contributed by atoms with E-state index >= 15 is 0 Å². The van der Waals surface area contributed by atoms with E-state index in [1.165, 1.54) is 0 Å². The van der Waals surface area contributed by atoms with Gasteiger partial charge in [0, 0.05) is 7.05 Å². The van der Waals surface area contributed by atoms with Crippen LogP contribution < -0.4 is 0 Å². The first-order valence-electron chi connectivity index (χ1n) is 6.76. The van der Waals surface area contributed by atoms with Gasteiger partial charge in [-0.15, -0.1) is 5.10 Å². The number of hydrogen-bond acceptors (Lipinski definition) is 3. The lowest BCUT2D eigenvalue weighted by Gasteiger charge is -2.18. The molecule has 0 atom stereocenters. The van der Waals surface area contributed by atoms with E-state index in [9.17, 15) is 4.79 Å². The molecule has 0 unspecified atom stereocenters. The molecule has 3 rings (SSSR count). The Kier molecular flexibility index (Phi) is 3.60. The predicted octanol–water partition coefficient (Wildman–Crippen LogP) is 2.81. The number of aldehydes is 1. The summed E-state index contributed by atoms with van der Waals surface area (Å²) in [7, 11) is 1.81. The molecule has 0 aliphatic rings. The Balaban J connectivity index is 2.22. The van der Waals surface area contributed by atoms with Crippen LogP contribution in [0.25, 0.3) is 0 Å². The molecule has 0 aliphatic heterocycles. The van der Waals surface area contributed by atoms with Gasteiger partial charge >= 0.3 is 0 Å². The van der Waals surface area contributed by atoms with E-state index in [2.05, 4.69) is 34.6 Å². The van der Waals surface area contributed by atoms with Crippen molar-refractivity contribution >= 4 is 6.29 Å². The van der Waals surface area contributed by atoms with Crippen LogP contribution in [0.4, 0.5) is 0 Å². The Morgan fingerprint density at radius 3 is 1.95 bits per heavy atom. The van der Waals surface area contributed by atoms with Gasteiger partial charge in [0.05, 0.1) is 11.6 Å². The number of carbonyl (C=O) groups excluding carboxylic acids is 1. The van der Waals surface area contributed by atoms with E-state index < -0.39 is 0 Å². The number of rotatable bonds is 4. The SMILES string of the molecule is Cn1nnc(C=O)c1C(c1ccccc1)c1ccccc1. The van der Waals surface area contributed by atoms with Gasteiger partial charge in [-0.3, -0.25) is 9.48 Å². The van der Waals surface area contributed by atoms with Crippen LogP contribution in [0.3, 0.4) is 0 Å². The fraction of sp³-hybridized carbons (Fsp3) is 0.118. The molecule has 1 heterocycles. The highest BCUT2D eigenvalue weighted by Crippen LogP contribution is 2.32. The minimum atomic E-state index is -0.0624. The molecule has 0 bridgehead atoms. The molecule has 1 aromatic heterocycles. The van der Waals surface area contributed by atoms with Crippen molar-refractivity contribution in [3.8, 4) is 0 Å². The van der Waals surface area contributed by atoms with Crippen molar-refractivity contribution < 1.29 is 4.79 Å². The second-order valence-corrected chi connectivity index (χ2v) is 4.86. The van der Waals surface area contributed by atoms with E-state index in [0.29, 0.717) is 5.69 Å². The average molecular weight is 277 g/mol. The number of carbonyl (C=O) groups is 1. The summed E-state index contributed by atoms with van der Waals surface area (Å²) in [4.78, 5) is 11.3. The molecule has 0 saturated carbocycles. The van der Waals surface area contributed by atoms with Gasteiger partial charge in [0.25, 0.3) is 0 Å². The molecule has 0 amide bonds. The highest BCUT2D eigenvalue weighted by molar-refractivity contribution is 5.74. The standard InChI is InChI=1S/C17H15N3O/c1-20-17(15(12-21)18-19-20)16(13-8-4-2-5-9-13)14-10-6-3-7-11-14/h2-12,16H,1H3. The van der Waals surface area contributed by atoms with Crippen LogP contribution in [0.1, 0.15) is 33.2 Å². The van der Waals surface area contributed by atoms with Crippen molar-refractivity contribution in [2.45, 2.75) is 5.92 Å². The molecular formula is C17H15N3O. The number of aromatic nitrogens is 3. The van der Waals surface area contributed by atoms with Crippen molar-refractivity contribution in [2.75, 3.05) is 0 Å². The molecule has 0 aliphatic carbocycles. The molecule has 104 valence electrons. The topological polar surface area (TPSA) is 47.8 Å². The van der Waals surface area contributed by atoms with E-state index in [1.807, 2.05) is 43.4 Å². The van der Waals surface area contributed by atoms with Crippen LogP contribution in [-0.2, 0) is 7.05 Å². The second kappa shape index (κ2) is 5.71. The molecule has 0 N–H and O–H groups in total. The zero-order valence-corrected chi connectivity index (χ0v) is 11.7. The number of aryl methyl sites for hydroxylation is 1. The monoisotopic (exact) mass is 277 g/mol. The lowest BCUT2D eigenvalue weighted by atomic mass is 9.87. The lowest BCUT2D eigenvalue weighted by molar-refractivity contribution is 0.111. The molecular weight excluding hydrogens is 262 g/mol. The van der Waals surface area contributed by atoms with Crippen molar-refractivity contribution in [3.63, 3.8) is 0 Å². The maximum Gasteiger partial charge on any atom is 0.172 e.